The molecule has 0 aliphatic carbocycles. The largest absolute Gasteiger partial charge is 0.490 e. The lowest BCUT2D eigenvalue weighted by Gasteiger charge is -2.17. The molecule has 1 aromatic heterocycles. The topological polar surface area (TPSA) is 52.1 Å². The second kappa shape index (κ2) is 4.56. The summed E-state index contributed by atoms with van der Waals surface area (Å²) in [4.78, 5) is 12.9. The first-order valence-corrected chi connectivity index (χ1v) is 6.48. The molecule has 0 atom stereocenters. The van der Waals surface area contributed by atoms with Crippen LogP contribution in [0.4, 0.5) is 0 Å². The monoisotopic (exact) mass is 252 g/mol. The smallest absolute Gasteiger partial charge is 0.240 e. The Morgan fingerprint density at radius 2 is 2.24 bits per heavy atom. The second-order valence-corrected chi connectivity index (χ2v) is 5.84. The van der Waals surface area contributed by atoms with E-state index in [2.05, 4.69) is 9.59 Å². The van der Waals surface area contributed by atoms with Crippen LogP contribution < -0.4 is 0 Å². The highest BCUT2D eigenvalue weighted by atomic mass is 32.1. The van der Waals surface area contributed by atoms with Crippen molar-refractivity contribution in [1.29, 1.82) is 0 Å². The molecule has 0 bridgehead atoms. The predicted octanol–water partition coefficient (Wildman–Crippen LogP) is 2.71. The zero-order valence-electron chi connectivity index (χ0n) is 10.3. The fourth-order valence-corrected chi connectivity index (χ4v) is 2.48. The third-order valence-corrected chi connectivity index (χ3v) is 3.29. The van der Waals surface area contributed by atoms with Crippen molar-refractivity contribution in [3.63, 3.8) is 0 Å². The van der Waals surface area contributed by atoms with Crippen LogP contribution >= 0.6 is 11.5 Å². The summed E-state index contributed by atoms with van der Waals surface area (Å²) in [5, 5.41) is 4.07. The van der Waals surface area contributed by atoms with Gasteiger partial charge in [-0.15, -0.1) is 5.10 Å². The van der Waals surface area contributed by atoms with Crippen molar-refractivity contribution in [2.45, 2.75) is 39.0 Å². The van der Waals surface area contributed by atoms with E-state index in [-0.39, 0.29) is 11.2 Å². The third kappa shape index (κ3) is 2.54. The van der Waals surface area contributed by atoms with Crippen LogP contribution in [0.25, 0.3) is 0 Å². The fourth-order valence-electron chi connectivity index (χ4n) is 1.66. The van der Waals surface area contributed by atoms with Gasteiger partial charge in [-0.05, 0) is 30.5 Å². The minimum absolute atomic E-state index is 0.0791. The van der Waals surface area contributed by atoms with Gasteiger partial charge in [-0.3, -0.25) is 4.79 Å². The lowest BCUT2D eigenvalue weighted by Crippen LogP contribution is -2.18. The Labute approximate surface area is 105 Å². The molecule has 0 radical (unpaired) electrons. The van der Waals surface area contributed by atoms with E-state index in [1.165, 1.54) is 0 Å². The molecule has 4 nitrogen and oxygen atoms in total. The molecule has 2 heterocycles. The van der Waals surface area contributed by atoms with Crippen LogP contribution in [0.3, 0.4) is 0 Å². The van der Waals surface area contributed by atoms with Crippen molar-refractivity contribution >= 4 is 17.3 Å². The predicted molar refractivity (Wildman–Crippen MR) is 66.2 cm³/mol. The van der Waals surface area contributed by atoms with Crippen LogP contribution in [-0.2, 0) is 10.2 Å². The third-order valence-electron chi connectivity index (χ3n) is 2.56. The van der Waals surface area contributed by atoms with Gasteiger partial charge in [-0.2, -0.15) is 0 Å². The van der Waals surface area contributed by atoms with Crippen molar-refractivity contribution in [2.24, 2.45) is 0 Å². The number of carbonyl (C=O) groups is 1. The number of aromatic nitrogens is 2. The highest BCUT2D eigenvalue weighted by molar-refractivity contribution is 7.08. The van der Waals surface area contributed by atoms with Gasteiger partial charge in [0.25, 0.3) is 0 Å². The fraction of sp³-hybridized carbons (Fsp3) is 0.583. The summed E-state index contributed by atoms with van der Waals surface area (Å²) in [6, 6.07) is 0. The molecule has 17 heavy (non-hydrogen) atoms. The van der Waals surface area contributed by atoms with E-state index >= 15 is 0 Å². The van der Waals surface area contributed by atoms with Crippen molar-refractivity contribution in [3.8, 4) is 0 Å². The molecule has 5 heteroatoms. The van der Waals surface area contributed by atoms with Gasteiger partial charge < -0.3 is 4.74 Å². The molecular weight excluding hydrogens is 236 g/mol. The van der Waals surface area contributed by atoms with Crippen molar-refractivity contribution in [3.05, 3.63) is 22.4 Å². The molecule has 0 aromatic carbocycles. The van der Waals surface area contributed by atoms with Crippen LogP contribution in [0.15, 0.2) is 11.8 Å². The molecule has 1 aliphatic rings. The second-order valence-electron chi connectivity index (χ2n) is 5.09. The van der Waals surface area contributed by atoms with Crippen LogP contribution in [-0.4, -0.2) is 22.0 Å². The maximum Gasteiger partial charge on any atom is 0.240 e. The first-order valence-electron chi connectivity index (χ1n) is 5.70. The van der Waals surface area contributed by atoms with Crippen LogP contribution in [0.5, 0.6) is 0 Å². The molecule has 1 aromatic rings. The average Bonchev–Trinajstić information content (AvgIpc) is 2.78. The average molecular weight is 252 g/mol. The van der Waals surface area contributed by atoms with E-state index in [9.17, 15) is 4.79 Å². The van der Waals surface area contributed by atoms with E-state index < -0.39 is 0 Å². The van der Waals surface area contributed by atoms with Gasteiger partial charge in [-0.1, -0.05) is 25.3 Å². The van der Waals surface area contributed by atoms with Gasteiger partial charge in [0.15, 0.2) is 5.76 Å². The van der Waals surface area contributed by atoms with E-state index in [0.717, 1.165) is 30.1 Å². The molecule has 0 spiro atoms. The number of ether oxygens (including phenoxy) is 1. The van der Waals surface area contributed by atoms with Crippen molar-refractivity contribution < 1.29 is 9.53 Å². The lowest BCUT2D eigenvalue weighted by atomic mass is 9.90. The first-order chi connectivity index (χ1) is 8.00. The number of ketones is 1. The number of Topliss-reactive ketones (excluding diaryl/α,β-unsaturated/α-hetero) is 1. The molecule has 2 rings (SSSR count). The maximum atomic E-state index is 12.3. The number of carbonyl (C=O) groups excluding carboxylic acids is 1. The summed E-state index contributed by atoms with van der Waals surface area (Å²) in [6.07, 6.45) is 3.74. The zero-order valence-corrected chi connectivity index (χ0v) is 11.1. The lowest BCUT2D eigenvalue weighted by molar-refractivity contribution is 0.0900. The molecule has 0 unspecified atom stereocenters. The minimum Gasteiger partial charge on any atom is -0.490 e. The number of nitrogens with zero attached hydrogens (tertiary/aromatic N) is 2. The Kier molecular flexibility index (Phi) is 3.28. The van der Waals surface area contributed by atoms with Gasteiger partial charge in [0, 0.05) is 5.41 Å². The molecule has 0 N–H and O–H groups in total. The van der Waals surface area contributed by atoms with Gasteiger partial charge >= 0.3 is 0 Å². The van der Waals surface area contributed by atoms with E-state index in [4.69, 9.17) is 4.74 Å². The standard InChI is InChI=1S/C12H16N2O2S/c1-12(2,3)11-10(17-14-13-11)9(15)8-6-4-5-7-16-8/h6H,4-5,7H2,1-3H3. The number of rotatable bonds is 2. The Morgan fingerprint density at radius 3 is 2.82 bits per heavy atom. The Bertz CT molecular complexity index is 457. The van der Waals surface area contributed by atoms with Gasteiger partial charge in [0.05, 0.1) is 12.3 Å². The highest BCUT2D eigenvalue weighted by Gasteiger charge is 2.28. The maximum absolute atomic E-state index is 12.3. The van der Waals surface area contributed by atoms with Crippen molar-refractivity contribution in [2.75, 3.05) is 6.61 Å². The number of hydrogen-bond acceptors (Lipinski definition) is 5. The summed E-state index contributed by atoms with van der Waals surface area (Å²) in [7, 11) is 0. The summed E-state index contributed by atoms with van der Waals surface area (Å²) in [5.74, 6) is 0.373. The quantitative estimate of drug-likeness (QED) is 0.759. The van der Waals surface area contributed by atoms with Gasteiger partial charge in [-0.25, -0.2) is 0 Å². The molecule has 0 amide bonds. The Hall–Kier alpha value is -1.23. The molecule has 0 saturated carbocycles. The molecule has 0 saturated heterocycles. The summed E-state index contributed by atoms with van der Waals surface area (Å²) >= 11 is 1.15. The summed E-state index contributed by atoms with van der Waals surface area (Å²) in [5.41, 5.74) is 0.579. The highest BCUT2D eigenvalue weighted by Crippen LogP contribution is 2.28. The first kappa shape index (κ1) is 12.2. The molecule has 1 aliphatic heterocycles. The molecular formula is C12H16N2O2S. The van der Waals surface area contributed by atoms with E-state index in [1.807, 2.05) is 26.8 Å². The van der Waals surface area contributed by atoms with E-state index in [1.54, 1.807) is 0 Å². The molecule has 0 fully saturated rings. The normalized spacial score (nSPS) is 16.3. The molecule has 92 valence electrons. The zero-order chi connectivity index (χ0) is 12.5. The van der Waals surface area contributed by atoms with E-state index in [0.29, 0.717) is 17.2 Å². The number of allylic oxidation sites excluding steroid dienone is 2. The van der Waals surface area contributed by atoms with Crippen LogP contribution in [0.2, 0.25) is 0 Å². The van der Waals surface area contributed by atoms with Crippen LogP contribution in [0.1, 0.15) is 49.0 Å². The summed E-state index contributed by atoms with van der Waals surface area (Å²) in [6.45, 7) is 6.69. The van der Waals surface area contributed by atoms with Gasteiger partial charge in [0.2, 0.25) is 5.78 Å². The van der Waals surface area contributed by atoms with Gasteiger partial charge in [0.1, 0.15) is 4.88 Å². The minimum atomic E-state index is -0.173. The van der Waals surface area contributed by atoms with Crippen molar-refractivity contribution in [1.82, 2.24) is 9.59 Å². The number of hydrogen-bond donors (Lipinski definition) is 0. The Balaban J connectivity index is 2.31. The Morgan fingerprint density at radius 1 is 1.47 bits per heavy atom. The SMILES string of the molecule is CC(C)(C)c1nnsc1C(=O)C1=CCCCO1. The summed E-state index contributed by atoms with van der Waals surface area (Å²) < 4.78 is 9.29. The van der Waals surface area contributed by atoms with Crippen LogP contribution in [0, 0.1) is 0 Å².